The summed E-state index contributed by atoms with van der Waals surface area (Å²) in [5.74, 6) is -1.36. The first-order valence-electron chi connectivity index (χ1n) is 5.48. The lowest BCUT2D eigenvalue weighted by molar-refractivity contribution is -0.137. The van der Waals surface area contributed by atoms with Gasteiger partial charge in [-0.2, -0.15) is 0 Å². The zero-order valence-electron chi connectivity index (χ0n) is 10.5. The van der Waals surface area contributed by atoms with Gasteiger partial charge in [0.25, 0.3) is 0 Å². The quantitative estimate of drug-likeness (QED) is 0.530. The zero-order valence-corrected chi connectivity index (χ0v) is 11.3. The van der Waals surface area contributed by atoms with E-state index in [9.17, 15) is 18.0 Å². The maximum absolute atomic E-state index is 11.6. The minimum Gasteiger partial charge on any atom is -0.480 e. The van der Waals surface area contributed by atoms with Crippen molar-refractivity contribution in [3.05, 3.63) is 0 Å². The molecular formula is C9H19N3O5S. The maximum atomic E-state index is 11.6. The number of rotatable bonds is 8. The smallest absolute Gasteiger partial charge is 0.323 e. The maximum Gasteiger partial charge on any atom is 0.323 e. The molecule has 8 nitrogen and oxygen atoms in total. The lowest BCUT2D eigenvalue weighted by Crippen LogP contribution is -2.44. The van der Waals surface area contributed by atoms with Crippen LogP contribution in [0.2, 0.25) is 0 Å². The Morgan fingerprint density at radius 1 is 1.33 bits per heavy atom. The van der Waals surface area contributed by atoms with Crippen LogP contribution in [-0.4, -0.2) is 62.9 Å². The van der Waals surface area contributed by atoms with Crippen LogP contribution in [-0.2, 0) is 14.8 Å². The molecule has 106 valence electrons. The van der Waals surface area contributed by atoms with Gasteiger partial charge in [0.05, 0.1) is 5.75 Å². The van der Waals surface area contributed by atoms with E-state index in [4.69, 9.17) is 5.11 Å². The number of aliphatic carboxylic acids is 1. The van der Waals surface area contributed by atoms with Crippen molar-refractivity contribution in [2.24, 2.45) is 0 Å². The molecule has 0 aliphatic carbocycles. The van der Waals surface area contributed by atoms with Crippen LogP contribution in [0.15, 0.2) is 0 Å². The Hall–Kier alpha value is -1.35. The standard InChI is InChI=1S/C9H19N3O5S/c1-3-5-12(7-8(13)14)9(15)11-4-6-18(16,17)10-2/h10H,3-7H2,1-2H3,(H,11,15)(H,13,14). The number of carbonyl (C=O) groups is 2. The van der Waals surface area contributed by atoms with Crippen LogP contribution in [0, 0.1) is 0 Å². The molecule has 2 amide bonds. The van der Waals surface area contributed by atoms with Crippen molar-refractivity contribution in [1.82, 2.24) is 14.9 Å². The second-order valence-corrected chi connectivity index (χ2v) is 5.62. The Balaban J connectivity index is 4.22. The van der Waals surface area contributed by atoms with E-state index in [2.05, 4.69) is 10.0 Å². The number of urea groups is 1. The van der Waals surface area contributed by atoms with Crippen molar-refractivity contribution in [2.75, 3.05) is 32.4 Å². The summed E-state index contributed by atoms with van der Waals surface area (Å²) < 4.78 is 24.3. The van der Waals surface area contributed by atoms with E-state index >= 15 is 0 Å². The Kier molecular flexibility index (Phi) is 7.29. The molecule has 0 bridgehead atoms. The van der Waals surface area contributed by atoms with Crippen molar-refractivity contribution in [3.63, 3.8) is 0 Å². The van der Waals surface area contributed by atoms with E-state index < -0.39 is 28.6 Å². The van der Waals surface area contributed by atoms with Gasteiger partial charge in [-0.3, -0.25) is 4.79 Å². The molecule has 0 aliphatic heterocycles. The number of amides is 2. The van der Waals surface area contributed by atoms with E-state index in [1.165, 1.54) is 7.05 Å². The molecule has 0 radical (unpaired) electrons. The molecule has 0 saturated heterocycles. The molecule has 0 rings (SSSR count). The highest BCUT2D eigenvalue weighted by molar-refractivity contribution is 7.89. The predicted octanol–water partition coefficient (Wildman–Crippen LogP) is -0.958. The zero-order chi connectivity index (χ0) is 14.2. The Morgan fingerprint density at radius 3 is 2.39 bits per heavy atom. The number of carboxylic acids is 1. The Labute approximate surface area is 106 Å². The number of hydrogen-bond acceptors (Lipinski definition) is 4. The second-order valence-electron chi connectivity index (χ2n) is 3.57. The van der Waals surface area contributed by atoms with Crippen LogP contribution in [0.25, 0.3) is 0 Å². The minimum atomic E-state index is -3.38. The molecule has 0 aliphatic rings. The first kappa shape index (κ1) is 16.6. The number of nitrogens with zero attached hydrogens (tertiary/aromatic N) is 1. The van der Waals surface area contributed by atoms with Crippen LogP contribution in [0.3, 0.4) is 0 Å². The Morgan fingerprint density at radius 2 is 1.94 bits per heavy atom. The molecule has 0 saturated carbocycles. The Bertz CT molecular complexity index is 382. The minimum absolute atomic E-state index is 0.0676. The fourth-order valence-corrected chi connectivity index (χ4v) is 1.77. The summed E-state index contributed by atoms with van der Waals surface area (Å²) >= 11 is 0. The van der Waals surface area contributed by atoms with Crippen LogP contribution < -0.4 is 10.0 Å². The molecule has 0 unspecified atom stereocenters. The molecule has 0 atom stereocenters. The summed E-state index contributed by atoms with van der Waals surface area (Å²) in [6.45, 7) is 1.64. The van der Waals surface area contributed by atoms with Crippen molar-refractivity contribution >= 4 is 22.0 Å². The number of carbonyl (C=O) groups excluding carboxylic acids is 1. The van der Waals surface area contributed by atoms with E-state index in [0.29, 0.717) is 13.0 Å². The average Bonchev–Trinajstić information content (AvgIpc) is 2.27. The molecular weight excluding hydrogens is 262 g/mol. The predicted molar refractivity (Wildman–Crippen MR) is 65.7 cm³/mol. The third-order valence-corrected chi connectivity index (χ3v) is 3.43. The highest BCUT2D eigenvalue weighted by Crippen LogP contribution is 1.93. The third-order valence-electron chi connectivity index (χ3n) is 2.06. The number of sulfonamides is 1. The molecule has 9 heteroatoms. The number of hydrogen-bond donors (Lipinski definition) is 3. The topological polar surface area (TPSA) is 116 Å². The van der Waals surface area contributed by atoms with Gasteiger partial charge in [-0.15, -0.1) is 0 Å². The van der Waals surface area contributed by atoms with Crippen LogP contribution in [0.4, 0.5) is 4.79 Å². The van der Waals surface area contributed by atoms with Gasteiger partial charge in [0, 0.05) is 13.1 Å². The SMILES string of the molecule is CCCN(CC(=O)O)C(=O)NCCS(=O)(=O)NC. The summed E-state index contributed by atoms with van der Waals surface area (Å²) in [6.07, 6.45) is 0.621. The van der Waals surface area contributed by atoms with Gasteiger partial charge >= 0.3 is 12.0 Å². The summed E-state index contributed by atoms with van der Waals surface area (Å²) in [7, 11) is -2.09. The molecule has 3 N–H and O–H groups in total. The van der Waals surface area contributed by atoms with Gasteiger partial charge in [0.1, 0.15) is 6.54 Å². The van der Waals surface area contributed by atoms with Crippen LogP contribution >= 0.6 is 0 Å². The molecule has 0 aromatic heterocycles. The van der Waals surface area contributed by atoms with Crippen molar-refractivity contribution in [1.29, 1.82) is 0 Å². The van der Waals surface area contributed by atoms with E-state index in [-0.39, 0.29) is 12.3 Å². The number of carboxylic acid groups (broad SMARTS) is 1. The monoisotopic (exact) mass is 281 g/mol. The van der Waals surface area contributed by atoms with Gasteiger partial charge in [-0.1, -0.05) is 6.92 Å². The average molecular weight is 281 g/mol. The van der Waals surface area contributed by atoms with Gasteiger partial charge in [0.15, 0.2) is 0 Å². The lowest BCUT2D eigenvalue weighted by Gasteiger charge is -2.20. The molecule has 0 fully saturated rings. The largest absolute Gasteiger partial charge is 0.480 e. The van der Waals surface area contributed by atoms with Gasteiger partial charge in [-0.25, -0.2) is 17.9 Å². The lowest BCUT2D eigenvalue weighted by atomic mass is 10.4. The van der Waals surface area contributed by atoms with Crippen LogP contribution in [0.5, 0.6) is 0 Å². The molecule has 0 spiro atoms. The molecule has 0 aromatic rings. The normalized spacial score (nSPS) is 11.0. The van der Waals surface area contributed by atoms with Gasteiger partial charge in [-0.05, 0) is 13.5 Å². The van der Waals surface area contributed by atoms with E-state index in [0.717, 1.165) is 4.90 Å². The third kappa shape index (κ3) is 7.07. The summed E-state index contributed by atoms with van der Waals surface area (Å²) in [4.78, 5) is 23.2. The highest BCUT2D eigenvalue weighted by atomic mass is 32.2. The van der Waals surface area contributed by atoms with E-state index in [1.54, 1.807) is 0 Å². The number of nitrogens with one attached hydrogen (secondary N) is 2. The molecule has 0 aromatic carbocycles. The molecule has 18 heavy (non-hydrogen) atoms. The van der Waals surface area contributed by atoms with Crippen molar-refractivity contribution in [3.8, 4) is 0 Å². The first-order chi connectivity index (χ1) is 8.32. The van der Waals surface area contributed by atoms with E-state index in [1.807, 2.05) is 6.92 Å². The first-order valence-corrected chi connectivity index (χ1v) is 7.13. The highest BCUT2D eigenvalue weighted by Gasteiger charge is 2.16. The fourth-order valence-electron chi connectivity index (χ4n) is 1.19. The molecule has 0 heterocycles. The van der Waals surface area contributed by atoms with Crippen molar-refractivity contribution in [2.45, 2.75) is 13.3 Å². The van der Waals surface area contributed by atoms with Crippen LogP contribution in [0.1, 0.15) is 13.3 Å². The summed E-state index contributed by atoms with van der Waals surface area (Å²) in [5, 5.41) is 11.0. The fraction of sp³-hybridized carbons (Fsp3) is 0.778. The van der Waals surface area contributed by atoms with Crippen molar-refractivity contribution < 1.29 is 23.1 Å². The summed E-state index contributed by atoms with van der Waals surface area (Å²) in [6, 6.07) is -0.578. The van der Waals surface area contributed by atoms with Gasteiger partial charge in [0.2, 0.25) is 10.0 Å². The van der Waals surface area contributed by atoms with Gasteiger partial charge < -0.3 is 15.3 Å². The second kappa shape index (κ2) is 7.88. The summed E-state index contributed by atoms with van der Waals surface area (Å²) in [5.41, 5.74) is 0.